The zero-order valence-electron chi connectivity index (χ0n) is 14.7. The molecule has 0 aliphatic carbocycles. The molecule has 1 fully saturated rings. The Morgan fingerprint density at radius 1 is 1.14 bits per heavy atom. The average molecular weight is 417 g/mol. The fourth-order valence-corrected chi connectivity index (χ4v) is 4.83. The third-order valence-electron chi connectivity index (χ3n) is 4.46. The van der Waals surface area contributed by atoms with Gasteiger partial charge in [-0.05, 0) is 48.9 Å². The van der Waals surface area contributed by atoms with E-state index < -0.39 is 10.0 Å². The number of halogens is 1. The first kappa shape index (κ1) is 18.5. The zero-order valence-corrected chi connectivity index (χ0v) is 16.3. The van der Waals surface area contributed by atoms with Crippen molar-refractivity contribution in [3.05, 3.63) is 65.3 Å². The van der Waals surface area contributed by atoms with Gasteiger partial charge < -0.3 is 5.32 Å². The van der Waals surface area contributed by atoms with E-state index in [1.54, 1.807) is 42.5 Å². The average Bonchev–Trinajstić information content (AvgIpc) is 3.29. The summed E-state index contributed by atoms with van der Waals surface area (Å²) in [5.41, 5.74) is 2.88. The molecule has 4 rings (SSSR count). The maximum absolute atomic E-state index is 12.5. The molecule has 0 spiro atoms. The van der Waals surface area contributed by atoms with Crippen LogP contribution in [0.3, 0.4) is 0 Å². The van der Waals surface area contributed by atoms with Crippen molar-refractivity contribution in [1.82, 2.24) is 10.2 Å². The Bertz CT molecular complexity index is 1130. The molecule has 0 radical (unpaired) electrons. The predicted molar refractivity (Wildman–Crippen MR) is 109 cm³/mol. The molecule has 2 aromatic carbocycles. The molecule has 3 aromatic rings. The van der Waals surface area contributed by atoms with Crippen molar-refractivity contribution in [2.75, 3.05) is 21.9 Å². The molecule has 1 amide bonds. The summed E-state index contributed by atoms with van der Waals surface area (Å²) in [7, 11) is -3.22. The number of sulfonamides is 1. The minimum Gasteiger partial charge on any atom is -0.321 e. The van der Waals surface area contributed by atoms with Crippen LogP contribution in [-0.2, 0) is 10.0 Å². The van der Waals surface area contributed by atoms with E-state index in [4.69, 9.17) is 11.6 Å². The van der Waals surface area contributed by atoms with Crippen LogP contribution in [0.1, 0.15) is 16.9 Å². The topological polar surface area (TPSA) is 95.2 Å². The molecule has 0 atom stereocenters. The van der Waals surface area contributed by atoms with Gasteiger partial charge in [-0.2, -0.15) is 5.10 Å². The van der Waals surface area contributed by atoms with Crippen LogP contribution >= 0.6 is 11.6 Å². The highest BCUT2D eigenvalue weighted by Crippen LogP contribution is 2.26. The van der Waals surface area contributed by atoms with Crippen LogP contribution in [0.5, 0.6) is 0 Å². The van der Waals surface area contributed by atoms with Crippen LogP contribution in [0, 0.1) is 0 Å². The van der Waals surface area contributed by atoms with Crippen LogP contribution in [0.4, 0.5) is 11.4 Å². The Balaban J connectivity index is 1.47. The number of aromatic amines is 1. The molecule has 2 heterocycles. The van der Waals surface area contributed by atoms with Crippen molar-refractivity contribution in [2.24, 2.45) is 0 Å². The molecule has 1 aromatic heterocycles. The number of carbonyl (C=O) groups is 1. The zero-order chi connectivity index (χ0) is 19.7. The van der Waals surface area contributed by atoms with Gasteiger partial charge in [0.25, 0.3) is 5.91 Å². The molecule has 0 bridgehead atoms. The Labute approximate surface area is 167 Å². The van der Waals surface area contributed by atoms with Gasteiger partial charge in [-0.15, -0.1) is 0 Å². The van der Waals surface area contributed by atoms with Crippen LogP contribution < -0.4 is 9.62 Å². The number of rotatable bonds is 4. The molecule has 0 unspecified atom stereocenters. The highest BCUT2D eigenvalue weighted by molar-refractivity contribution is 7.93. The lowest BCUT2D eigenvalue weighted by molar-refractivity contribution is 0.102. The van der Waals surface area contributed by atoms with Crippen molar-refractivity contribution in [3.8, 4) is 11.3 Å². The monoisotopic (exact) mass is 416 g/mol. The Morgan fingerprint density at radius 3 is 2.61 bits per heavy atom. The third kappa shape index (κ3) is 3.74. The maximum Gasteiger partial charge on any atom is 0.273 e. The third-order valence-corrected chi connectivity index (χ3v) is 6.56. The molecule has 28 heavy (non-hydrogen) atoms. The van der Waals surface area contributed by atoms with Crippen LogP contribution in [-0.4, -0.2) is 36.8 Å². The van der Waals surface area contributed by atoms with Crippen molar-refractivity contribution in [1.29, 1.82) is 0 Å². The van der Waals surface area contributed by atoms with Gasteiger partial charge in [-0.25, -0.2) is 8.42 Å². The summed E-state index contributed by atoms with van der Waals surface area (Å²) in [5, 5.41) is 10.2. The number of aromatic nitrogens is 2. The van der Waals surface area contributed by atoms with Gasteiger partial charge in [0.15, 0.2) is 0 Å². The second-order valence-electron chi connectivity index (χ2n) is 6.42. The van der Waals surface area contributed by atoms with E-state index >= 15 is 0 Å². The number of H-pyrrole nitrogens is 1. The number of anilines is 2. The quantitative estimate of drug-likeness (QED) is 0.680. The number of amides is 1. The van der Waals surface area contributed by atoms with E-state index in [9.17, 15) is 13.2 Å². The normalized spacial score (nSPS) is 15.5. The van der Waals surface area contributed by atoms with Gasteiger partial charge in [0, 0.05) is 22.8 Å². The molecule has 144 valence electrons. The fraction of sp³-hybridized carbons (Fsp3) is 0.158. The molecular formula is C19H17ClN4O3S. The van der Waals surface area contributed by atoms with E-state index in [1.165, 1.54) is 4.31 Å². The van der Waals surface area contributed by atoms with E-state index in [1.807, 2.05) is 12.1 Å². The smallest absolute Gasteiger partial charge is 0.273 e. The highest BCUT2D eigenvalue weighted by atomic mass is 35.5. The Kier molecular flexibility index (Phi) is 4.82. The summed E-state index contributed by atoms with van der Waals surface area (Å²) in [6, 6.07) is 15.6. The Morgan fingerprint density at radius 2 is 1.93 bits per heavy atom. The Hall–Kier alpha value is -2.84. The molecule has 2 N–H and O–H groups in total. The maximum atomic E-state index is 12.5. The lowest BCUT2D eigenvalue weighted by Gasteiger charge is -2.17. The largest absolute Gasteiger partial charge is 0.321 e. The van der Waals surface area contributed by atoms with Gasteiger partial charge in [0.1, 0.15) is 5.69 Å². The molecule has 1 aliphatic heterocycles. The summed E-state index contributed by atoms with van der Waals surface area (Å²) in [6.07, 6.45) is 0.621. The summed E-state index contributed by atoms with van der Waals surface area (Å²) < 4.78 is 25.4. The second-order valence-corrected chi connectivity index (χ2v) is 8.87. The molecular weight excluding hydrogens is 400 g/mol. The lowest BCUT2D eigenvalue weighted by Crippen LogP contribution is -2.25. The van der Waals surface area contributed by atoms with Crippen molar-refractivity contribution in [3.63, 3.8) is 0 Å². The van der Waals surface area contributed by atoms with E-state index in [0.717, 1.165) is 5.56 Å². The number of hydrogen-bond acceptors (Lipinski definition) is 4. The van der Waals surface area contributed by atoms with Crippen molar-refractivity contribution in [2.45, 2.75) is 6.42 Å². The minimum absolute atomic E-state index is 0.167. The van der Waals surface area contributed by atoms with Crippen molar-refractivity contribution >= 4 is 38.9 Å². The number of hydrogen-bond donors (Lipinski definition) is 2. The number of nitrogens with one attached hydrogen (secondary N) is 2. The van der Waals surface area contributed by atoms with Crippen LogP contribution in [0.2, 0.25) is 5.02 Å². The van der Waals surface area contributed by atoms with Crippen LogP contribution in [0.15, 0.2) is 54.6 Å². The van der Waals surface area contributed by atoms with Gasteiger partial charge in [0.2, 0.25) is 10.0 Å². The summed E-state index contributed by atoms with van der Waals surface area (Å²) >= 11 is 5.99. The predicted octanol–water partition coefficient (Wildman–Crippen LogP) is 3.52. The first-order valence-corrected chi connectivity index (χ1v) is 10.6. The summed E-state index contributed by atoms with van der Waals surface area (Å²) in [5.74, 6) is -0.178. The van der Waals surface area contributed by atoms with Crippen molar-refractivity contribution < 1.29 is 13.2 Å². The van der Waals surface area contributed by atoms with Gasteiger partial charge >= 0.3 is 0 Å². The minimum atomic E-state index is -3.22. The first-order chi connectivity index (χ1) is 13.4. The molecule has 7 nitrogen and oxygen atoms in total. The van der Waals surface area contributed by atoms with Gasteiger partial charge in [0.05, 0.1) is 17.1 Å². The molecule has 1 aliphatic rings. The SMILES string of the molecule is O=C(Nc1ccc(N2CCCS2(=O)=O)cc1)c1cc(-c2cccc(Cl)c2)n[nH]1. The fourth-order valence-electron chi connectivity index (χ4n) is 3.07. The molecule has 1 saturated heterocycles. The number of benzene rings is 2. The number of carbonyl (C=O) groups excluding carboxylic acids is 1. The lowest BCUT2D eigenvalue weighted by atomic mass is 10.1. The van der Waals surface area contributed by atoms with E-state index in [0.29, 0.717) is 40.8 Å². The second kappa shape index (κ2) is 7.29. The number of nitrogens with zero attached hydrogens (tertiary/aromatic N) is 2. The van der Waals surface area contributed by atoms with Gasteiger partial charge in [-0.1, -0.05) is 23.7 Å². The van der Waals surface area contributed by atoms with Crippen LogP contribution in [0.25, 0.3) is 11.3 Å². The van der Waals surface area contributed by atoms with E-state index in [-0.39, 0.29) is 11.7 Å². The summed E-state index contributed by atoms with van der Waals surface area (Å²) in [6.45, 7) is 0.481. The standard InChI is InChI=1S/C19H17ClN4O3S/c20-14-4-1-3-13(11-14)17-12-18(23-22-17)19(25)21-15-5-7-16(8-6-15)24-9-2-10-28(24,26)27/h1,3-8,11-12H,2,9-10H2,(H,21,25)(H,22,23). The summed E-state index contributed by atoms with van der Waals surface area (Å²) in [4.78, 5) is 12.5. The molecule has 9 heteroatoms. The van der Waals surface area contributed by atoms with E-state index in [2.05, 4.69) is 15.5 Å². The highest BCUT2D eigenvalue weighted by Gasteiger charge is 2.28. The first-order valence-electron chi connectivity index (χ1n) is 8.65. The molecule has 0 saturated carbocycles. The van der Waals surface area contributed by atoms with Gasteiger partial charge in [-0.3, -0.25) is 14.2 Å².